The predicted molar refractivity (Wildman–Crippen MR) is 114 cm³/mol. The van der Waals surface area contributed by atoms with Crippen LogP contribution < -0.4 is 5.32 Å². The summed E-state index contributed by atoms with van der Waals surface area (Å²) in [6.45, 7) is 3.62. The van der Waals surface area contributed by atoms with Crippen molar-refractivity contribution in [3.63, 3.8) is 0 Å². The van der Waals surface area contributed by atoms with Crippen LogP contribution >= 0.6 is 15.9 Å². The van der Waals surface area contributed by atoms with Crippen molar-refractivity contribution >= 4 is 39.9 Å². The van der Waals surface area contributed by atoms with Crippen LogP contribution in [0.2, 0.25) is 0 Å². The number of aryl methyl sites for hydroxylation is 1. The van der Waals surface area contributed by atoms with E-state index in [1.54, 1.807) is 29.7 Å². The fourth-order valence-corrected chi connectivity index (χ4v) is 4.62. The van der Waals surface area contributed by atoms with E-state index in [1.165, 1.54) is 17.0 Å². The first-order valence-electron chi connectivity index (χ1n) is 9.83. The lowest BCUT2D eigenvalue weighted by molar-refractivity contribution is -0.131. The number of rotatable bonds is 3. The highest BCUT2D eigenvalue weighted by Gasteiger charge is 2.40. The molecule has 4 amide bonds. The Morgan fingerprint density at radius 3 is 2.50 bits per heavy atom. The van der Waals surface area contributed by atoms with Gasteiger partial charge in [0, 0.05) is 21.9 Å². The van der Waals surface area contributed by atoms with Gasteiger partial charge in [-0.1, -0.05) is 28.8 Å². The maximum Gasteiger partial charge on any atom is 0.331 e. The zero-order valence-corrected chi connectivity index (χ0v) is 18.3. The van der Waals surface area contributed by atoms with Crippen molar-refractivity contribution in [1.29, 1.82) is 0 Å². The first-order chi connectivity index (χ1) is 14.3. The second-order valence-corrected chi connectivity index (χ2v) is 8.60. The van der Waals surface area contributed by atoms with Crippen LogP contribution in [-0.4, -0.2) is 33.4 Å². The molecule has 2 heterocycles. The van der Waals surface area contributed by atoms with Crippen molar-refractivity contribution in [2.45, 2.75) is 45.6 Å². The summed E-state index contributed by atoms with van der Waals surface area (Å²) in [5, 5.41) is 2.28. The summed E-state index contributed by atoms with van der Waals surface area (Å²) in [4.78, 5) is 38.9. The number of aromatic nitrogens is 1. The minimum Gasteiger partial charge on any atom is -0.315 e. The Morgan fingerprint density at radius 2 is 1.83 bits per heavy atom. The van der Waals surface area contributed by atoms with E-state index in [-0.39, 0.29) is 11.6 Å². The maximum absolute atomic E-state index is 14.5. The molecule has 2 aromatic rings. The van der Waals surface area contributed by atoms with Crippen molar-refractivity contribution in [3.8, 4) is 5.69 Å². The Kier molecular flexibility index (Phi) is 5.36. The molecule has 4 rings (SSSR count). The van der Waals surface area contributed by atoms with Gasteiger partial charge in [0.05, 0.1) is 5.69 Å². The summed E-state index contributed by atoms with van der Waals surface area (Å²) in [5.74, 6) is -1.68. The highest BCUT2D eigenvalue weighted by Crippen LogP contribution is 2.29. The highest BCUT2D eigenvalue weighted by molar-refractivity contribution is 9.10. The van der Waals surface area contributed by atoms with Crippen molar-refractivity contribution < 1.29 is 18.8 Å². The fraction of sp³-hybridized carbons (Fsp3) is 0.318. The van der Waals surface area contributed by atoms with Crippen LogP contribution in [0.15, 0.2) is 34.3 Å². The molecule has 6 nitrogen and oxygen atoms in total. The Balaban J connectivity index is 1.74. The van der Waals surface area contributed by atoms with Gasteiger partial charge in [0.2, 0.25) is 0 Å². The molecule has 2 fully saturated rings. The van der Waals surface area contributed by atoms with Gasteiger partial charge in [0.25, 0.3) is 11.8 Å². The quantitative estimate of drug-likeness (QED) is 0.530. The molecule has 1 aliphatic carbocycles. The Bertz CT molecular complexity index is 1100. The summed E-state index contributed by atoms with van der Waals surface area (Å²) in [6, 6.07) is 5.75. The Hall–Kier alpha value is -2.74. The van der Waals surface area contributed by atoms with E-state index in [1.807, 2.05) is 6.92 Å². The second kappa shape index (κ2) is 7.83. The molecule has 0 unspecified atom stereocenters. The number of carbonyl (C=O) groups is 3. The monoisotopic (exact) mass is 473 g/mol. The van der Waals surface area contributed by atoms with Crippen LogP contribution in [0, 0.1) is 19.7 Å². The number of nitrogens with zero attached hydrogens (tertiary/aromatic N) is 2. The lowest BCUT2D eigenvalue weighted by Crippen LogP contribution is -2.57. The van der Waals surface area contributed by atoms with Gasteiger partial charge < -0.3 is 4.57 Å². The van der Waals surface area contributed by atoms with E-state index in [2.05, 4.69) is 21.2 Å². The minimum absolute atomic E-state index is 0.0852. The van der Waals surface area contributed by atoms with Gasteiger partial charge in [-0.15, -0.1) is 0 Å². The molecule has 2 aliphatic rings. The number of carbonyl (C=O) groups excluding carboxylic acids is 3. The number of nitrogens with one attached hydrogen (secondary N) is 1. The number of benzene rings is 1. The summed E-state index contributed by atoms with van der Waals surface area (Å²) >= 11 is 3.26. The Morgan fingerprint density at radius 1 is 1.13 bits per heavy atom. The van der Waals surface area contributed by atoms with Crippen molar-refractivity contribution in [1.82, 2.24) is 14.8 Å². The highest BCUT2D eigenvalue weighted by atomic mass is 79.9. The van der Waals surface area contributed by atoms with Gasteiger partial charge in [0.15, 0.2) is 0 Å². The van der Waals surface area contributed by atoms with Crippen LogP contribution in [0.5, 0.6) is 0 Å². The predicted octanol–water partition coefficient (Wildman–Crippen LogP) is 4.40. The van der Waals surface area contributed by atoms with Gasteiger partial charge in [-0.05, 0) is 62.6 Å². The number of hydrogen-bond donors (Lipinski definition) is 1. The van der Waals surface area contributed by atoms with Crippen molar-refractivity contribution in [2.24, 2.45) is 0 Å². The summed E-state index contributed by atoms with van der Waals surface area (Å²) in [7, 11) is 0. The molecule has 1 aromatic heterocycles. The van der Waals surface area contributed by atoms with E-state index >= 15 is 0 Å². The molecule has 1 aromatic carbocycles. The molecule has 1 N–H and O–H groups in total. The lowest BCUT2D eigenvalue weighted by Gasteiger charge is -2.31. The molecule has 0 bridgehead atoms. The topological polar surface area (TPSA) is 71.4 Å². The SMILES string of the molecule is Cc1cc(/C=C2\C(=O)NC(=O)N(C3CCCC3)C2=O)c(C)n1-c1ccc(Br)cc1F. The molecule has 8 heteroatoms. The lowest BCUT2D eigenvalue weighted by atomic mass is 10.1. The molecule has 156 valence electrons. The zero-order valence-electron chi connectivity index (χ0n) is 16.7. The van der Waals surface area contributed by atoms with E-state index in [0.717, 1.165) is 31.4 Å². The number of barbiturate groups is 1. The van der Waals surface area contributed by atoms with E-state index in [0.29, 0.717) is 21.4 Å². The summed E-state index contributed by atoms with van der Waals surface area (Å²) in [5.41, 5.74) is 2.35. The van der Waals surface area contributed by atoms with Crippen LogP contribution in [0.4, 0.5) is 9.18 Å². The first kappa shape index (κ1) is 20.5. The number of urea groups is 1. The van der Waals surface area contributed by atoms with E-state index < -0.39 is 23.7 Å². The maximum atomic E-state index is 14.5. The average molecular weight is 474 g/mol. The minimum atomic E-state index is -0.709. The molecule has 1 saturated heterocycles. The third-order valence-electron chi connectivity index (χ3n) is 5.74. The normalized spacial score (nSPS) is 19.1. The number of hydrogen-bond acceptors (Lipinski definition) is 3. The molecule has 1 saturated carbocycles. The molecule has 1 aliphatic heterocycles. The van der Waals surface area contributed by atoms with Gasteiger partial charge in [-0.25, -0.2) is 9.18 Å². The average Bonchev–Trinajstić information content (AvgIpc) is 3.28. The van der Waals surface area contributed by atoms with Gasteiger partial charge in [-0.2, -0.15) is 0 Å². The second-order valence-electron chi connectivity index (χ2n) is 7.69. The van der Waals surface area contributed by atoms with E-state index in [4.69, 9.17) is 0 Å². The fourth-order valence-electron chi connectivity index (χ4n) is 4.29. The zero-order chi connectivity index (χ0) is 21.6. The van der Waals surface area contributed by atoms with Gasteiger partial charge in [-0.3, -0.25) is 19.8 Å². The molecule has 0 spiro atoms. The smallest absolute Gasteiger partial charge is 0.315 e. The van der Waals surface area contributed by atoms with Crippen LogP contribution in [-0.2, 0) is 9.59 Å². The first-order valence-corrected chi connectivity index (χ1v) is 10.6. The van der Waals surface area contributed by atoms with Crippen molar-refractivity contribution in [3.05, 3.63) is 57.1 Å². The molecule has 30 heavy (non-hydrogen) atoms. The van der Waals surface area contributed by atoms with Crippen LogP contribution in [0.25, 0.3) is 11.8 Å². The largest absolute Gasteiger partial charge is 0.331 e. The Labute approximate surface area is 181 Å². The third kappa shape index (κ3) is 3.49. The van der Waals surface area contributed by atoms with Gasteiger partial charge >= 0.3 is 6.03 Å². The number of imide groups is 2. The van der Waals surface area contributed by atoms with Gasteiger partial charge in [0.1, 0.15) is 11.4 Å². The number of amides is 4. The van der Waals surface area contributed by atoms with Crippen LogP contribution in [0.3, 0.4) is 0 Å². The number of halogens is 2. The summed E-state index contributed by atoms with van der Waals surface area (Å²) in [6.07, 6.45) is 4.89. The summed E-state index contributed by atoms with van der Waals surface area (Å²) < 4.78 is 16.9. The standard InChI is InChI=1S/C22H21BrFN3O3/c1-12-9-14(13(2)26(12)19-8-7-15(23)11-18(19)24)10-17-20(28)25-22(30)27(21(17)29)16-5-3-4-6-16/h7-11,16H,3-6H2,1-2H3,(H,25,28,30)/b17-10+. The van der Waals surface area contributed by atoms with Crippen LogP contribution in [0.1, 0.15) is 42.6 Å². The van der Waals surface area contributed by atoms with Crippen molar-refractivity contribution in [2.75, 3.05) is 0 Å². The molecular weight excluding hydrogens is 453 g/mol. The third-order valence-corrected chi connectivity index (χ3v) is 6.24. The molecule has 0 atom stereocenters. The molecular formula is C22H21BrFN3O3. The van der Waals surface area contributed by atoms with E-state index in [9.17, 15) is 18.8 Å². The molecule has 0 radical (unpaired) electrons.